The monoisotopic (exact) mass is 364 g/mol. The summed E-state index contributed by atoms with van der Waals surface area (Å²) in [5.74, 6) is 2.40. The molecule has 1 aromatic heterocycles. The molecule has 27 heavy (non-hydrogen) atoms. The molecule has 1 atom stereocenters. The summed E-state index contributed by atoms with van der Waals surface area (Å²) in [6, 6.07) is 15.0. The molecule has 0 bridgehead atoms. The number of hydrogen-bond donors (Lipinski definition) is 2. The van der Waals surface area contributed by atoms with Crippen LogP contribution in [-0.4, -0.2) is 24.7 Å². The molecule has 1 unspecified atom stereocenters. The van der Waals surface area contributed by atoms with Gasteiger partial charge in [0.05, 0.1) is 19.3 Å². The van der Waals surface area contributed by atoms with Crippen LogP contribution in [0.5, 0.6) is 11.5 Å². The van der Waals surface area contributed by atoms with Gasteiger partial charge in [-0.25, -0.2) is 0 Å². The van der Waals surface area contributed by atoms with E-state index in [9.17, 15) is 0 Å². The van der Waals surface area contributed by atoms with E-state index in [1.54, 1.807) is 0 Å². The topological polar surface area (TPSA) is 46.3 Å². The van der Waals surface area contributed by atoms with Crippen molar-refractivity contribution in [3.05, 3.63) is 59.3 Å². The van der Waals surface area contributed by atoms with Crippen LogP contribution in [0.4, 0.5) is 0 Å². The molecule has 3 aromatic rings. The minimum atomic E-state index is 0.177. The van der Waals surface area contributed by atoms with Gasteiger partial charge >= 0.3 is 0 Å². The lowest BCUT2D eigenvalue weighted by Crippen LogP contribution is -2.30. The molecule has 0 fully saturated rings. The van der Waals surface area contributed by atoms with Gasteiger partial charge in [-0.05, 0) is 60.7 Å². The number of fused-ring (bicyclic) bond motifs is 3. The molecule has 4 nitrogen and oxygen atoms in total. The van der Waals surface area contributed by atoms with Crippen molar-refractivity contribution in [2.75, 3.05) is 19.8 Å². The standard InChI is InChI=1S/C23H28N2O2/c1-4-26-18-9-10-21-20(13-18)19-11-12-24-22(23(19)25-21)16-5-7-17(8-6-16)27-14-15(2)3/h5-10,13,15,22,24-25H,4,11-12,14H2,1-3H3. The Balaban J connectivity index is 1.64. The van der Waals surface area contributed by atoms with E-state index in [-0.39, 0.29) is 6.04 Å². The number of rotatable bonds is 6. The second-order valence-corrected chi connectivity index (χ2v) is 7.57. The molecule has 2 aromatic carbocycles. The minimum Gasteiger partial charge on any atom is -0.494 e. The number of hydrogen-bond acceptors (Lipinski definition) is 3. The van der Waals surface area contributed by atoms with Crippen molar-refractivity contribution in [1.29, 1.82) is 0 Å². The molecule has 0 spiro atoms. The van der Waals surface area contributed by atoms with Crippen LogP contribution < -0.4 is 14.8 Å². The van der Waals surface area contributed by atoms with Crippen molar-refractivity contribution in [1.82, 2.24) is 10.3 Å². The third-order valence-electron chi connectivity index (χ3n) is 5.03. The lowest BCUT2D eigenvalue weighted by molar-refractivity contribution is 0.271. The van der Waals surface area contributed by atoms with Crippen LogP contribution in [0, 0.1) is 5.92 Å². The molecule has 0 saturated heterocycles. The average Bonchev–Trinajstić information content (AvgIpc) is 3.05. The molecule has 0 aliphatic carbocycles. The van der Waals surface area contributed by atoms with E-state index in [1.165, 1.54) is 27.7 Å². The van der Waals surface area contributed by atoms with E-state index in [2.05, 4.69) is 60.5 Å². The third-order valence-corrected chi connectivity index (χ3v) is 5.03. The summed E-state index contributed by atoms with van der Waals surface area (Å²) in [7, 11) is 0. The van der Waals surface area contributed by atoms with Gasteiger partial charge in [0.1, 0.15) is 11.5 Å². The van der Waals surface area contributed by atoms with Crippen LogP contribution in [0.2, 0.25) is 0 Å². The van der Waals surface area contributed by atoms with Crippen molar-refractivity contribution in [2.24, 2.45) is 5.92 Å². The highest BCUT2D eigenvalue weighted by molar-refractivity contribution is 5.86. The Kier molecular flexibility index (Phi) is 5.08. The quantitative estimate of drug-likeness (QED) is 0.658. The second-order valence-electron chi connectivity index (χ2n) is 7.57. The summed E-state index contributed by atoms with van der Waals surface area (Å²) in [6.07, 6.45) is 1.02. The molecule has 4 heteroatoms. The Morgan fingerprint density at radius 2 is 1.81 bits per heavy atom. The van der Waals surface area contributed by atoms with Crippen LogP contribution in [-0.2, 0) is 6.42 Å². The van der Waals surface area contributed by atoms with E-state index in [0.29, 0.717) is 12.5 Å². The van der Waals surface area contributed by atoms with Crippen LogP contribution in [0.25, 0.3) is 10.9 Å². The maximum absolute atomic E-state index is 5.82. The fourth-order valence-electron chi connectivity index (χ4n) is 3.77. The van der Waals surface area contributed by atoms with Gasteiger partial charge in [0.2, 0.25) is 0 Å². The number of benzene rings is 2. The van der Waals surface area contributed by atoms with Gasteiger partial charge in [-0.15, -0.1) is 0 Å². The highest BCUT2D eigenvalue weighted by atomic mass is 16.5. The smallest absolute Gasteiger partial charge is 0.120 e. The summed E-state index contributed by atoms with van der Waals surface area (Å²) in [4.78, 5) is 3.64. The van der Waals surface area contributed by atoms with Crippen molar-refractivity contribution < 1.29 is 9.47 Å². The Labute approximate surface area is 160 Å². The Morgan fingerprint density at radius 3 is 2.56 bits per heavy atom. The Morgan fingerprint density at radius 1 is 1.04 bits per heavy atom. The number of nitrogens with one attached hydrogen (secondary N) is 2. The van der Waals surface area contributed by atoms with Gasteiger partial charge in [0, 0.05) is 23.1 Å². The molecule has 0 radical (unpaired) electrons. The fourth-order valence-corrected chi connectivity index (χ4v) is 3.77. The molecule has 1 aliphatic heterocycles. The largest absolute Gasteiger partial charge is 0.494 e. The zero-order valence-corrected chi connectivity index (χ0v) is 16.3. The molecular formula is C23H28N2O2. The van der Waals surface area contributed by atoms with Gasteiger partial charge in [-0.3, -0.25) is 0 Å². The summed E-state index contributed by atoms with van der Waals surface area (Å²) in [5, 5.41) is 4.94. The van der Waals surface area contributed by atoms with Crippen LogP contribution in [0.15, 0.2) is 42.5 Å². The first kappa shape index (κ1) is 17.9. The molecular weight excluding hydrogens is 336 g/mol. The van der Waals surface area contributed by atoms with Crippen molar-refractivity contribution in [2.45, 2.75) is 33.2 Å². The van der Waals surface area contributed by atoms with Gasteiger partial charge in [0.25, 0.3) is 0 Å². The highest BCUT2D eigenvalue weighted by Gasteiger charge is 2.25. The lowest BCUT2D eigenvalue weighted by Gasteiger charge is -2.25. The van der Waals surface area contributed by atoms with Crippen LogP contribution in [0.1, 0.15) is 43.6 Å². The zero-order chi connectivity index (χ0) is 18.8. The van der Waals surface area contributed by atoms with E-state index < -0.39 is 0 Å². The summed E-state index contributed by atoms with van der Waals surface area (Å²) >= 11 is 0. The van der Waals surface area contributed by atoms with E-state index in [0.717, 1.165) is 31.1 Å². The van der Waals surface area contributed by atoms with Crippen molar-refractivity contribution in [3.8, 4) is 11.5 Å². The summed E-state index contributed by atoms with van der Waals surface area (Å²) < 4.78 is 11.5. The second kappa shape index (κ2) is 7.65. The van der Waals surface area contributed by atoms with Gasteiger partial charge in [0.15, 0.2) is 0 Å². The van der Waals surface area contributed by atoms with Crippen molar-refractivity contribution >= 4 is 10.9 Å². The normalized spacial score (nSPS) is 16.5. The predicted molar refractivity (Wildman–Crippen MR) is 110 cm³/mol. The first-order chi connectivity index (χ1) is 13.2. The van der Waals surface area contributed by atoms with E-state index in [4.69, 9.17) is 9.47 Å². The Hall–Kier alpha value is -2.46. The van der Waals surface area contributed by atoms with Gasteiger partial charge < -0.3 is 19.8 Å². The molecule has 1 aliphatic rings. The summed E-state index contributed by atoms with van der Waals surface area (Å²) in [6.45, 7) is 8.74. The number of ether oxygens (including phenoxy) is 2. The third kappa shape index (κ3) is 3.67. The molecule has 2 heterocycles. The number of H-pyrrole nitrogens is 1. The van der Waals surface area contributed by atoms with Gasteiger partial charge in [-0.1, -0.05) is 26.0 Å². The number of aromatic amines is 1. The Bertz CT molecular complexity index is 912. The first-order valence-corrected chi connectivity index (χ1v) is 9.89. The number of aromatic nitrogens is 1. The van der Waals surface area contributed by atoms with Gasteiger partial charge in [-0.2, -0.15) is 0 Å². The average molecular weight is 364 g/mol. The lowest BCUT2D eigenvalue weighted by atomic mass is 9.94. The van der Waals surface area contributed by atoms with E-state index >= 15 is 0 Å². The molecule has 142 valence electrons. The van der Waals surface area contributed by atoms with Crippen LogP contribution in [0.3, 0.4) is 0 Å². The summed E-state index contributed by atoms with van der Waals surface area (Å²) in [5.41, 5.74) is 5.09. The molecule has 0 amide bonds. The van der Waals surface area contributed by atoms with E-state index in [1.807, 2.05) is 13.0 Å². The minimum absolute atomic E-state index is 0.177. The highest BCUT2D eigenvalue weighted by Crippen LogP contribution is 2.35. The maximum Gasteiger partial charge on any atom is 0.120 e. The SMILES string of the molecule is CCOc1ccc2[nH]c3c(c2c1)CCNC3c1ccc(OCC(C)C)cc1. The predicted octanol–water partition coefficient (Wildman–Crippen LogP) is 4.84. The zero-order valence-electron chi connectivity index (χ0n) is 16.3. The first-order valence-electron chi connectivity index (χ1n) is 9.89. The molecule has 4 rings (SSSR count). The van der Waals surface area contributed by atoms with Crippen LogP contribution >= 0.6 is 0 Å². The maximum atomic E-state index is 5.82. The molecule has 0 saturated carbocycles. The molecule has 2 N–H and O–H groups in total. The fraction of sp³-hybridized carbons (Fsp3) is 0.391. The van der Waals surface area contributed by atoms with Crippen molar-refractivity contribution in [3.63, 3.8) is 0 Å².